The molecule has 2 aromatic rings. The van der Waals surface area contributed by atoms with E-state index in [1.165, 1.54) is 39.7 Å². The molecule has 1 fully saturated rings. The van der Waals surface area contributed by atoms with Crippen molar-refractivity contribution >= 4 is 38.9 Å². The van der Waals surface area contributed by atoms with Crippen molar-refractivity contribution in [2.75, 3.05) is 18.8 Å². The minimum Gasteiger partial charge on any atom is -0.297 e. The van der Waals surface area contributed by atoms with Gasteiger partial charge in [0.25, 0.3) is 0 Å². The molecule has 10 heteroatoms. The molecule has 7 nitrogen and oxygen atoms in total. The first kappa shape index (κ1) is 19.9. The topological polar surface area (TPSA) is 104 Å². The van der Waals surface area contributed by atoms with E-state index in [2.05, 4.69) is 9.97 Å². The highest BCUT2D eigenvalue weighted by molar-refractivity contribution is 7.99. The van der Waals surface area contributed by atoms with Gasteiger partial charge in [0.1, 0.15) is 9.90 Å². The Labute approximate surface area is 166 Å². The number of aromatic nitrogens is 2. The third-order valence-corrected chi connectivity index (χ3v) is 7.98. The molecule has 1 aliphatic heterocycles. The number of ketones is 1. The molecular formula is C17H18N4O3S3. The summed E-state index contributed by atoms with van der Waals surface area (Å²) < 4.78 is 26.4. The molecule has 27 heavy (non-hydrogen) atoms. The van der Waals surface area contributed by atoms with E-state index in [0.717, 1.165) is 18.5 Å². The Hall–Kier alpha value is -1.80. The van der Waals surface area contributed by atoms with Gasteiger partial charge in [0.15, 0.2) is 11.7 Å². The van der Waals surface area contributed by atoms with Crippen LogP contribution in [-0.4, -0.2) is 47.3 Å². The first-order chi connectivity index (χ1) is 12.9. The van der Waals surface area contributed by atoms with Crippen LogP contribution in [0.1, 0.15) is 29.5 Å². The lowest BCUT2D eigenvalue weighted by Gasteiger charge is -2.15. The lowest BCUT2D eigenvalue weighted by Crippen LogP contribution is -2.27. The SMILES string of the molecule is Cc1csc(C(C#N)C(=O)CSc2ccc(S(=O)(=O)N3CCCC3)cn2)n1. The molecule has 0 bridgehead atoms. The second-order valence-electron chi connectivity index (χ2n) is 6.09. The van der Waals surface area contributed by atoms with Crippen LogP contribution < -0.4 is 0 Å². The fourth-order valence-electron chi connectivity index (χ4n) is 2.68. The van der Waals surface area contributed by atoms with E-state index in [-0.39, 0.29) is 16.4 Å². The molecule has 1 saturated heterocycles. The van der Waals surface area contributed by atoms with Crippen LogP contribution in [0.2, 0.25) is 0 Å². The first-order valence-electron chi connectivity index (χ1n) is 8.35. The Morgan fingerprint density at radius 3 is 2.70 bits per heavy atom. The van der Waals surface area contributed by atoms with Gasteiger partial charge in [-0.25, -0.2) is 18.4 Å². The predicted molar refractivity (Wildman–Crippen MR) is 103 cm³/mol. The summed E-state index contributed by atoms with van der Waals surface area (Å²) in [6.07, 6.45) is 3.08. The highest BCUT2D eigenvalue weighted by Crippen LogP contribution is 2.25. The summed E-state index contributed by atoms with van der Waals surface area (Å²) in [5, 5.41) is 12.1. The van der Waals surface area contributed by atoms with E-state index in [9.17, 15) is 18.5 Å². The standard InChI is InChI=1S/C17H18N4O3S3/c1-12-10-26-17(20-12)14(8-18)15(22)11-25-16-5-4-13(9-19-16)27(23,24)21-6-2-3-7-21/h4-5,9-10,14H,2-3,6-7,11H2,1H3. The smallest absolute Gasteiger partial charge is 0.244 e. The molecule has 1 unspecified atom stereocenters. The molecule has 0 spiro atoms. The van der Waals surface area contributed by atoms with Crippen LogP contribution in [0.15, 0.2) is 33.6 Å². The van der Waals surface area contributed by atoms with Crippen molar-refractivity contribution in [3.05, 3.63) is 34.4 Å². The zero-order valence-corrected chi connectivity index (χ0v) is 17.1. The molecular weight excluding hydrogens is 404 g/mol. The number of thiazole rings is 1. The Morgan fingerprint density at radius 1 is 1.41 bits per heavy atom. The summed E-state index contributed by atoms with van der Waals surface area (Å²) in [6.45, 7) is 2.90. The molecule has 3 heterocycles. The number of hydrogen-bond donors (Lipinski definition) is 0. The molecule has 0 aliphatic carbocycles. The minimum atomic E-state index is -3.49. The molecule has 0 radical (unpaired) electrons. The van der Waals surface area contributed by atoms with Gasteiger partial charge in [-0.05, 0) is 31.9 Å². The average Bonchev–Trinajstić information content (AvgIpc) is 3.33. The number of pyridine rings is 1. The number of Topliss-reactive ketones (excluding diaryl/α,β-unsaturated/α-hetero) is 1. The van der Waals surface area contributed by atoms with Gasteiger partial charge >= 0.3 is 0 Å². The summed E-state index contributed by atoms with van der Waals surface area (Å²) >= 11 is 2.48. The molecule has 2 aromatic heterocycles. The van der Waals surface area contributed by atoms with E-state index in [0.29, 0.717) is 23.1 Å². The van der Waals surface area contributed by atoms with E-state index in [1.807, 2.05) is 13.0 Å². The van der Waals surface area contributed by atoms with E-state index in [4.69, 9.17) is 0 Å². The van der Waals surface area contributed by atoms with Crippen molar-refractivity contribution in [1.29, 1.82) is 5.26 Å². The second-order valence-corrected chi connectivity index (χ2v) is 9.91. The number of carbonyl (C=O) groups is 1. The van der Waals surface area contributed by atoms with E-state index in [1.54, 1.807) is 11.4 Å². The Morgan fingerprint density at radius 2 is 2.15 bits per heavy atom. The molecule has 142 valence electrons. The fraction of sp³-hybridized carbons (Fsp3) is 0.412. The second kappa shape index (κ2) is 8.48. The number of sulfonamides is 1. The van der Waals surface area contributed by atoms with Crippen LogP contribution in [0.25, 0.3) is 0 Å². The number of aryl methyl sites for hydroxylation is 1. The minimum absolute atomic E-state index is 0.0715. The molecule has 3 rings (SSSR count). The van der Waals surface area contributed by atoms with Crippen molar-refractivity contribution in [3.63, 3.8) is 0 Å². The largest absolute Gasteiger partial charge is 0.297 e. The third-order valence-electron chi connectivity index (χ3n) is 4.11. The number of hydrogen-bond acceptors (Lipinski definition) is 8. The first-order valence-corrected chi connectivity index (χ1v) is 11.7. The van der Waals surface area contributed by atoms with Gasteiger partial charge in [0, 0.05) is 30.4 Å². The van der Waals surface area contributed by atoms with Gasteiger partial charge in [-0.15, -0.1) is 11.3 Å². The average molecular weight is 423 g/mol. The zero-order valence-electron chi connectivity index (χ0n) is 14.7. The van der Waals surface area contributed by atoms with Gasteiger partial charge in [-0.2, -0.15) is 9.57 Å². The highest BCUT2D eigenvalue weighted by atomic mass is 32.2. The van der Waals surface area contributed by atoms with Crippen molar-refractivity contribution in [2.24, 2.45) is 0 Å². The summed E-state index contributed by atoms with van der Waals surface area (Å²) in [7, 11) is -3.49. The summed E-state index contributed by atoms with van der Waals surface area (Å²) in [5.41, 5.74) is 0.784. The van der Waals surface area contributed by atoms with Crippen molar-refractivity contribution in [3.8, 4) is 6.07 Å². The summed E-state index contributed by atoms with van der Waals surface area (Å²) in [6, 6.07) is 5.11. The Balaban J connectivity index is 1.63. The highest BCUT2D eigenvalue weighted by Gasteiger charge is 2.27. The fourth-order valence-corrected chi connectivity index (χ4v) is 5.75. The van der Waals surface area contributed by atoms with Crippen LogP contribution in [0, 0.1) is 18.3 Å². The summed E-state index contributed by atoms with van der Waals surface area (Å²) in [4.78, 5) is 20.9. The van der Waals surface area contributed by atoms with Crippen molar-refractivity contribution in [1.82, 2.24) is 14.3 Å². The molecule has 0 saturated carbocycles. The Bertz CT molecular complexity index is 958. The third kappa shape index (κ3) is 4.55. The van der Waals surface area contributed by atoms with Gasteiger partial charge in [-0.1, -0.05) is 11.8 Å². The molecule has 0 amide bonds. The van der Waals surface area contributed by atoms with Gasteiger partial charge < -0.3 is 0 Å². The summed E-state index contributed by atoms with van der Waals surface area (Å²) in [5.74, 6) is -1.05. The lowest BCUT2D eigenvalue weighted by molar-refractivity contribution is -0.116. The molecule has 0 N–H and O–H groups in total. The normalized spacial score (nSPS) is 16.1. The number of nitrogens with zero attached hydrogens (tertiary/aromatic N) is 4. The number of thioether (sulfide) groups is 1. The van der Waals surface area contributed by atoms with Crippen LogP contribution in [0.4, 0.5) is 0 Å². The monoisotopic (exact) mass is 422 g/mol. The van der Waals surface area contributed by atoms with Crippen molar-refractivity contribution < 1.29 is 13.2 Å². The quantitative estimate of drug-likeness (QED) is 0.632. The maximum absolute atomic E-state index is 12.5. The predicted octanol–water partition coefficient (Wildman–Crippen LogP) is 2.60. The van der Waals surface area contributed by atoms with Crippen molar-refractivity contribution in [2.45, 2.75) is 35.6 Å². The lowest BCUT2D eigenvalue weighted by atomic mass is 10.1. The van der Waals surface area contributed by atoms with Crippen LogP contribution in [0.3, 0.4) is 0 Å². The number of rotatable bonds is 7. The van der Waals surface area contributed by atoms with E-state index < -0.39 is 15.9 Å². The number of nitriles is 1. The van der Waals surface area contributed by atoms with Crippen LogP contribution in [0.5, 0.6) is 0 Å². The number of carbonyl (C=O) groups excluding carboxylic acids is 1. The zero-order chi connectivity index (χ0) is 19.4. The van der Waals surface area contributed by atoms with Crippen LogP contribution >= 0.6 is 23.1 Å². The molecule has 1 aliphatic rings. The van der Waals surface area contributed by atoms with Gasteiger partial charge in [-0.3, -0.25) is 4.79 Å². The van der Waals surface area contributed by atoms with Crippen LogP contribution in [-0.2, 0) is 14.8 Å². The van der Waals surface area contributed by atoms with Gasteiger partial charge in [0.2, 0.25) is 10.0 Å². The van der Waals surface area contributed by atoms with Gasteiger partial charge in [0.05, 0.1) is 16.8 Å². The maximum Gasteiger partial charge on any atom is 0.244 e. The Kier molecular flexibility index (Phi) is 6.26. The maximum atomic E-state index is 12.5. The van der Waals surface area contributed by atoms with E-state index >= 15 is 0 Å². The molecule has 1 atom stereocenters. The molecule has 0 aromatic carbocycles.